The fourth-order valence-corrected chi connectivity index (χ4v) is 3.67. The van der Waals surface area contributed by atoms with Crippen LogP contribution in [0.25, 0.3) is 0 Å². The van der Waals surface area contributed by atoms with Crippen molar-refractivity contribution in [3.8, 4) is 0 Å². The van der Waals surface area contributed by atoms with Crippen molar-refractivity contribution in [3.63, 3.8) is 0 Å². The number of likely N-dealkylation sites (tertiary alicyclic amines) is 1. The first kappa shape index (κ1) is 16.8. The molecule has 3 heterocycles. The van der Waals surface area contributed by atoms with Gasteiger partial charge in [0.25, 0.3) is 5.91 Å². The molecule has 1 atom stereocenters. The molecule has 0 spiro atoms. The molecule has 6 heteroatoms. The molecule has 0 aromatic carbocycles. The van der Waals surface area contributed by atoms with E-state index in [1.807, 2.05) is 31.4 Å². The zero-order valence-corrected chi connectivity index (χ0v) is 14.8. The van der Waals surface area contributed by atoms with Crippen LogP contribution < -0.4 is 0 Å². The first-order chi connectivity index (χ1) is 11.6. The van der Waals surface area contributed by atoms with Gasteiger partial charge in [-0.25, -0.2) is 9.97 Å². The smallest absolute Gasteiger partial charge is 0.272 e. The van der Waals surface area contributed by atoms with Crippen LogP contribution in [-0.2, 0) is 0 Å². The third kappa shape index (κ3) is 3.53. The lowest BCUT2D eigenvalue weighted by atomic mass is 9.93. The highest BCUT2D eigenvalue weighted by atomic mass is 32.1. The van der Waals surface area contributed by atoms with Gasteiger partial charge in [-0.05, 0) is 30.4 Å². The Balaban J connectivity index is 1.73. The van der Waals surface area contributed by atoms with Crippen LogP contribution in [0, 0.1) is 5.92 Å². The molecule has 0 radical (unpaired) electrons. The number of ketones is 1. The Hall–Kier alpha value is -2.08. The Morgan fingerprint density at radius 2 is 2.17 bits per heavy atom. The van der Waals surface area contributed by atoms with Crippen molar-refractivity contribution in [2.24, 2.45) is 5.92 Å². The van der Waals surface area contributed by atoms with Gasteiger partial charge in [-0.1, -0.05) is 19.9 Å². The Labute approximate surface area is 145 Å². The van der Waals surface area contributed by atoms with E-state index in [1.54, 1.807) is 17.2 Å². The average molecular weight is 343 g/mol. The van der Waals surface area contributed by atoms with E-state index in [4.69, 9.17) is 0 Å². The molecule has 0 bridgehead atoms. The van der Waals surface area contributed by atoms with Gasteiger partial charge in [0, 0.05) is 31.1 Å². The number of nitrogens with zero attached hydrogens (tertiary/aromatic N) is 3. The number of rotatable bonds is 4. The molecule has 1 saturated heterocycles. The molecule has 1 amide bonds. The second-order valence-electron chi connectivity index (χ2n) is 6.39. The maximum absolute atomic E-state index is 12.8. The standard InChI is InChI=1S/C18H21N3O2S/c1-12(2)17-19-8-7-14(20-17)18(23)21-9-3-5-13(11-21)16(22)15-6-4-10-24-15/h4,6-8,10,12-13H,3,5,9,11H2,1-2H3/t13-/m0/s1. The second kappa shape index (κ2) is 7.21. The van der Waals surface area contributed by atoms with Crippen LogP contribution in [0.5, 0.6) is 0 Å². The highest BCUT2D eigenvalue weighted by Crippen LogP contribution is 2.24. The third-order valence-electron chi connectivity index (χ3n) is 4.25. The van der Waals surface area contributed by atoms with E-state index >= 15 is 0 Å². The molecule has 0 unspecified atom stereocenters. The highest BCUT2D eigenvalue weighted by Gasteiger charge is 2.30. The predicted molar refractivity (Wildman–Crippen MR) is 93.4 cm³/mol. The van der Waals surface area contributed by atoms with E-state index in [0.717, 1.165) is 17.7 Å². The summed E-state index contributed by atoms with van der Waals surface area (Å²) in [6.45, 7) is 5.14. The van der Waals surface area contributed by atoms with E-state index < -0.39 is 0 Å². The third-order valence-corrected chi connectivity index (χ3v) is 5.14. The maximum atomic E-state index is 12.8. The molecule has 0 N–H and O–H groups in total. The number of amides is 1. The summed E-state index contributed by atoms with van der Waals surface area (Å²) in [7, 11) is 0. The van der Waals surface area contributed by atoms with E-state index in [-0.39, 0.29) is 23.5 Å². The number of piperidine rings is 1. The number of aromatic nitrogens is 2. The van der Waals surface area contributed by atoms with Crippen LogP contribution in [0.3, 0.4) is 0 Å². The summed E-state index contributed by atoms with van der Waals surface area (Å²) >= 11 is 1.46. The van der Waals surface area contributed by atoms with Crippen molar-refractivity contribution in [2.45, 2.75) is 32.6 Å². The molecule has 1 aliphatic rings. The van der Waals surface area contributed by atoms with Gasteiger partial charge in [-0.15, -0.1) is 11.3 Å². The number of carbonyl (C=O) groups excluding carboxylic acids is 2. The molecule has 2 aromatic rings. The molecule has 5 nitrogen and oxygen atoms in total. The van der Waals surface area contributed by atoms with Crippen LogP contribution >= 0.6 is 11.3 Å². The predicted octanol–water partition coefficient (Wildman–Crippen LogP) is 3.40. The quantitative estimate of drug-likeness (QED) is 0.798. The minimum absolute atomic E-state index is 0.108. The van der Waals surface area contributed by atoms with Gasteiger partial charge in [-0.3, -0.25) is 9.59 Å². The summed E-state index contributed by atoms with van der Waals surface area (Å²) in [5.74, 6) is 0.764. The first-order valence-corrected chi connectivity index (χ1v) is 9.14. The van der Waals surface area contributed by atoms with E-state index in [9.17, 15) is 9.59 Å². The molecule has 3 rings (SSSR count). The Morgan fingerprint density at radius 1 is 1.33 bits per heavy atom. The molecule has 0 aliphatic carbocycles. The molecule has 24 heavy (non-hydrogen) atoms. The maximum Gasteiger partial charge on any atom is 0.272 e. The number of carbonyl (C=O) groups is 2. The van der Waals surface area contributed by atoms with E-state index in [1.165, 1.54) is 11.3 Å². The van der Waals surface area contributed by atoms with Crippen molar-refractivity contribution in [1.82, 2.24) is 14.9 Å². The minimum Gasteiger partial charge on any atom is -0.337 e. The Morgan fingerprint density at radius 3 is 2.88 bits per heavy atom. The zero-order valence-electron chi connectivity index (χ0n) is 13.9. The van der Waals surface area contributed by atoms with Gasteiger partial charge in [0.15, 0.2) is 5.78 Å². The van der Waals surface area contributed by atoms with Gasteiger partial charge in [0.05, 0.1) is 4.88 Å². The minimum atomic E-state index is -0.118. The fraction of sp³-hybridized carbons (Fsp3) is 0.444. The van der Waals surface area contributed by atoms with Gasteiger partial charge >= 0.3 is 0 Å². The molecule has 0 saturated carbocycles. The van der Waals surface area contributed by atoms with Crippen molar-refractivity contribution >= 4 is 23.0 Å². The summed E-state index contributed by atoms with van der Waals surface area (Å²) < 4.78 is 0. The first-order valence-electron chi connectivity index (χ1n) is 8.26. The summed E-state index contributed by atoms with van der Waals surface area (Å²) in [6.07, 6.45) is 3.31. The van der Waals surface area contributed by atoms with Crippen molar-refractivity contribution < 1.29 is 9.59 Å². The van der Waals surface area contributed by atoms with Crippen LogP contribution in [0.4, 0.5) is 0 Å². The molecule has 2 aromatic heterocycles. The molecular formula is C18H21N3O2S. The van der Waals surface area contributed by atoms with Gasteiger partial charge in [0.1, 0.15) is 11.5 Å². The van der Waals surface area contributed by atoms with Crippen molar-refractivity contribution in [3.05, 3.63) is 46.2 Å². The van der Waals surface area contributed by atoms with Crippen LogP contribution in [0.2, 0.25) is 0 Å². The van der Waals surface area contributed by atoms with Crippen molar-refractivity contribution in [1.29, 1.82) is 0 Å². The number of Topliss-reactive ketones (excluding diaryl/α,β-unsaturated/α-hetero) is 1. The summed E-state index contributed by atoms with van der Waals surface area (Å²) in [4.78, 5) is 36.4. The van der Waals surface area contributed by atoms with Gasteiger partial charge < -0.3 is 4.90 Å². The van der Waals surface area contributed by atoms with E-state index in [0.29, 0.717) is 24.6 Å². The summed E-state index contributed by atoms with van der Waals surface area (Å²) in [5.41, 5.74) is 0.415. The lowest BCUT2D eigenvalue weighted by Gasteiger charge is -2.31. The normalized spacial score (nSPS) is 18.0. The summed E-state index contributed by atoms with van der Waals surface area (Å²) in [6, 6.07) is 5.39. The Bertz CT molecular complexity index is 728. The largest absolute Gasteiger partial charge is 0.337 e. The topological polar surface area (TPSA) is 63.2 Å². The van der Waals surface area contributed by atoms with Crippen LogP contribution in [0.1, 0.15) is 58.6 Å². The molecular weight excluding hydrogens is 322 g/mol. The second-order valence-corrected chi connectivity index (χ2v) is 7.33. The van der Waals surface area contributed by atoms with Crippen LogP contribution in [0.15, 0.2) is 29.8 Å². The van der Waals surface area contributed by atoms with Crippen molar-refractivity contribution in [2.75, 3.05) is 13.1 Å². The number of thiophene rings is 1. The fourth-order valence-electron chi connectivity index (χ4n) is 2.93. The lowest BCUT2D eigenvalue weighted by Crippen LogP contribution is -2.42. The lowest BCUT2D eigenvalue weighted by molar-refractivity contribution is 0.0633. The molecule has 1 aliphatic heterocycles. The monoisotopic (exact) mass is 343 g/mol. The SMILES string of the molecule is CC(C)c1nccc(C(=O)N2CCC[C@H](C(=O)c3cccs3)C2)n1. The van der Waals surface area contributed by atoms with Gasteiger partial charge in [-0.2, -0.15) is 0 Å². The summed E-state index contributed by atoms with van der Waals surface area (Å²) in [5, 5.41) is 1.91. The number of hydrogen-bond acceptors (Lipinski definition) is 5. The van der Waals surface area contributed by atoms with Crippen LogP contribution in [-0.4, -0.2) is 39.6 Å². The van der Waals surface area contributed by atoms with E-state index in [2.05, 4.69) is 9.97 Å². The molecule has 126 valence electrons. The number of hydrogen-bond donors (Lipinski definition) is 0. The zero-order chi connectivity index (χ0) is 17.1. The van der Waals surface area contributed by atoms with Gasteiger partial charge in [0.2, 0.25) is 0 Å². The average Bonchev–Trinajstić information content (AvgIpc) is 3.15. The highest BCUT2D eigenvalue weighted by molar-refractivity contribution is 7.12. The molecule has 1 fully saturated rings. The Kier molecular flexibility index (Phi) is 5.04.